The molecule has 2 aliphatic heterocycles. The summed E-state index contributed by atoms with van der Waals surface area (Å²) in [5.74, 6) is 0.276. The molecule has 1 saturated heterocycles. The van der Waals surface area contributed by atoms with Crippen molar-refractivity contribution in [1.29, 1.82) is 0 Å². The first kappa shape index (κ1) is 22.2. The molecular formula is C24H30N2O7. The van der Waals surface area contributed by atoms with Gasteiger partial charge in [-0.05, 0) is 51.1 Å². The van der Waals surface area contributed by atoms with E-state index >= 15 is 0 Å². The van der Waals surface area contributed by atoms with E-state index < -0.39 is 35.2 Å². The Hall–Kier alpha value is -2.62. The molecular weight excluding hydrogens is 428 g/mol. The number of nitrogens with two attached hydrogens (primary N) is 1. The number of piperidine rings is 1. The predicted molar refractivity (Wildman–Crippen MR) is 117 cm³/mol. The van der Waals surface area contributed by atoms with Crippen LogP contribution < -0.4 is 15.2 Å². The van der Waals surface area contributed by atoms with Crippen molar-refractivity contribution in [2.45, 2.75) is 61.9 Å². The van der Waals surface area contributed by atoms with Crippen molar-refractivity contribution in [3.63, 3.8) is 0 Å². The van der Waals surface area contributed by atoms with Crippen LogP contribution in [0.4, 0.5) is 0 Å². The average Bonchev–Trinajstić information content (AvgIpc) is 3.13. The van der Waals surface area contributed by atoms with E-state index in [0.29, 0.717) is 36.5 Å². The molecule has 0 radical (unpaired) electrons. The Bertz CT molecular complexity index is 1040. The van der Waals surface area contributed by atoms with Crippen LogP contribution in [0, 0.1) is 0 Å². The van der Waals surface area contributed by atoms with E-state index in [1.54, 1.807) is 13.2 Å². The van der Waals surface area contributed by atoms with Gasteiger partial charge >= 0.3 is 11.9 Å². The summed E-state index contributed by atoms with van der Waals surface area (Å²) >= 11 is 0. The molecule has 0 unspecified atom stereocenters. The van der Waals surface area contributed by atoms with Crippen molar-refractivity contribution < 1.29 is 33.6 Å². The minimum absolute atomic E-state index is 0.0228. The zero-order valence-corrected chi connectivity index (χ0v) is 19.1. The summed E-state index contributed by atoms with van der Waals surface area (Å²) in [5, 5.41) is 12.2. The molecule has 0 saturated carbocycles. The van der Waals surface area contributed by atoms with E-state index in [2.05, 4.69) is 4.90 Å². The van der Waals surface area contributed by atoms with Gasteiger partial charge in [0.1, 0.15) is 5.76 Å². The van der Waals surface area contributed by atoms with Crippen molar-refractivity contribution in [3.05, 3.63) is 35.1 Å². The lowest BCUT2D eigenvalue weighted by atomic mass is 9.50. The standard InChI is InChI=1S/C24H30N2O7/c1-13(31-18(27)7-10-25)22(28)32-16-6-8-24(29)17-12-14-4-5-15(30-3)20-19(14)23(24,21(16)33-20)9-11-26(17)2/h4-6,13,17,21,29H,7-12,25H2,1-3H3/t13-,17-,21-,23-,24+/m0/s1. The highest BCUT2D eigenvalue weighted by atomic mass is 16.6. The van der Waals surface area contributed by atoms with E-state index in [9.17, 15) is 14.7 Å². The minimum Gasteiger partial charge on any atom is -0.493 e. The van der Waals surface area contributed by atoms with E-state index in [-0.39, 0.29) is 19.0 Å². The third-order valence-electron chi connectivity index (χ3n) is 7.77. The average molecular weight is 459 g/mol. The lowest BCUT2D eigenvalue weighted by Gasteiger charge is -2.61. The Balaban J connectivity index is 1.53. The molecule has 2 bridgehead atoms. The van der Waals surface area contributed by atoms with Crippen LogP contribution in [0.2, 0.25) is 0 Å². The van der Waals surface area contributed by atoms with Gasteiger partial charge in [-0.25, -0.2) is 4.79 Å². The number of hydrogen-bond acceptors (Lipinski definition) is 9. The quantitative estimate of drug-likeness (QED) is 0.596. The van der Waals surface area contributed by atoms with Gasteiger partial charge in [-0.3, -0.25) is 4.79 Å². The van der Waals surface area contributed by atoms with E-state index in [0.717, 1.165) is 17.7 Å². The number of esters is 2. The maximum atomic E-state index is 12.8. The Labute approximate surface area is 192 Å². The Morgan fingerprint density at radius 3 is 2.91 bits per heavy atom. The maximum Gasteiger partial charge on any atom is 0.352 e. The molecule has 3 N–H and O–H groups in total. The minimum atomic E-state index is -1.09. The van der Waals surface area contributed by atoms with Crippen molar-refractivity contribution in [2.75, 3.05) is 27.2 Å². The zero-order chi connectivity index (χ0) is 23.5. The lowest BCUT2D eigenvalue weighted by Crippen LogP contribution is -2.74. The molecule has 4 aliphatic rings. The predicted octanol–water partition coefficient (Wildman–Crippen LogP) is 0.797. The van der Waals surface area contributed by atoms with Crippen LogP contribution in [0.25, 0.3) is 0 Å². The highest BCUT2D eigenvalue weighted by Gasteiger charge is 2.72. The van der Waals surface area contributed by atoms with Gasteiger partial charge in [0.15, 0.2) is 23.7 Å². The van der Waals surface area contributed by atoms with Crippen molar-refractivity contribution in [3.8, 4) is 11.5 Å². The summed E-state index contributed by atoms with van der Waals surface area (Å²) in [7, 11) is 3.62. The molecule has 33 heavy (non-hydrogen) atoms. The van der Waals surface area contributed by atoms with Crippen LogP contribution in [0.5, 0.6) is 11.5 Å². The van der Waals surface area contributed by atoms with Gasteiger partial charge in [0.2, 0.25) is 0 Å². The molecule has 1 fully saturated rings. The molecule has 2 heterocycles. The molecule has 5 rings (SSSR count). The van der Waals surface area contributed by atoms with E-state index in [1.807, 2.05) is 19.2 Å². The number of methoxy groups -OCH3 is 1. The summed E-state index contributed by atoms with van der Waals surface area (Å²) in [6, 6.07) is 3.84. The molecule has 5 atom stereocenters. The fourth-order valence-electron chi connectivity index (χ4n) is 6.21. The Morgan fingerprint density at radius 2 is 2.18 bits per heavy atom. The summed E-state index contributed by atoms with van der Waals surface area (Å²) in [6.45, 7) is 2.38. The third-order valence-corrected chi connectivity index (χ3v) is 7.77. The molecule has 9 heteroatoms. The number of ether oxygens (including phenoxy) is 4. The number of likely N-dealkylation sites (N-methyl/N-ethyl adjacent to an activating group) is 1. The number of benzene rings is 1. The molecule has 0 aromatic heterocycles. The molecule has 2 aliphatic carbocycles. The van der Waals surface area contributed by atoms with Crippen LogP contribution in [-0.2, 0) is 30.9 Å². The number of hydrogen-bond donors (Lipinski definition) is 2. The SMILES string of the molecule is COc1ccc2c3c1O[C@H]1C(OC(=O)[C@H](C)OC(=O)CCN)=CC[C@@]4(O)[C@H](C2)N(C)CC[C@]314. The molecule has 9 nitrogen and oxygen atoms in total. The van der Waals surface area contributed by atoms with Gasteiger partial charge in [0, 0.05) is 24.6 Å². The molecule has 0 amide bonds. The van der Waals surface area contributed by atoms with Crippen LogP contribution in [0.15, 0.2) is 24.0 Å². The van der Waals surface area contributed by atoms with Crippen molar-refractivity contribution in [2.24, 2.45) is 5.73 Å². The first-order valence-corrected chi connectivity index (χ1v) is 11.4. The maximum absolute atomic E-state index is 12.8. The van der Waals surface area contributed by atoms with Gasteiger partial charge in [-0.1, -0.05) is 6.07 Å². The summed E-state index contributed by atoms with van der Waals surface area (Å²) < 4.78 is 22.9. The second-order valence-electron chi connectivity index (χ2n) is 9.38. The summed E-state index contributed by atoms with van der Waals surface area (Å²) in [6.07, 6.45) is 1.66. The van der Waals surface area contributed by atoms with Crippen LogP contribution in [-0.4, -0.2) is 73.0 Å². The number of carbonyl (C=O) groups excluding carboxylic acids is 2. The summed E-state index contributed by atoms with van der Waals surface area (Å²) in [5.41, 5.74) is 5.61. The second kappa shape index (κ2) is 7.72. The fourth-order valence-corrected chi connectivity index (χ4v) is 6.21. The Kier molecular flexibility index (Phi) is 5.19. The van der Waals surface area contributed by atoms with Crippen molar-refractivity contribution >= 4 is 11.9 Å². The van der Waals surface area contributed by atoms with Gasteiger partial charge in [0.25, 0.3) is 0 Å². The highest BCUT2D eigenvalue weighted by molar-refractivity contribution is 5.80. The molecule has 1 aromatic carbocycles. The van der Waals surface area contributed by atoms with E-state index in [4.69, 9.17) is 24.7 Å². The monoisotopic (exact) mass is 458 g/mol. The smallest absolute Gasteiger partial charge is 0.352 e. The number of rotatable bonds is 6. The van der Waals surface area contributed by atoms with Crippen LogP contribution in [0.1, 0.15) is 37.3 Å². The van der Waals surface area contributed by atoms with Crippen LogP contribution in [0.3, 0.4) is 0 Å². The largest absolute Gasteiger partial charge is 0.493 e. The highest BCUT2D eigenvalue weighted by Crippen LogP contribution is 2.65. The zero-order valence-electron chi connectivity index (χ0n) is 19.1. The number of nitrogens with zero attached hydrogens (tertiary/aromatic N) is 1. The van der Waals surface area contributed by atoms with Gasteiger partial charge in [-0.15, -0.1) is 0 Å². The number of aliphatic hydroxyl groups is 1. The molecule has 1 aromatic rings. The van der Waals surface area contributed by atoms with Gasteiger partial charge < -0.3 is 34.7 Å². The first-order valence-electron chi connectivity index (χ1n) is 11.4. The normalized spacial score (nSPS) is 32.2. The topological polar surface area (TPSA) is 121 Å². The number of likely N-dealkylation sites (tertiary alicyclic amines) is 1. The Morgan fingerprint density at radius 1 is 1.39 bits per heavy atom. The second-order valence-corrected chi connectivity index (χ2v) is 9.38. The van der Waals surface area contributed by atoms with Gasteiger partial charge in [0.05, 0.1) is 24.5 Å². The first-order chi connectivity index (χ1) is 15.8. The molecule has 178 valence electrons. The summed E-state index contributed by atoms with van der Waals surface area (Å²) in [4.78, 5) is 26.7. The van der Waals surface area contributed by atoms with Gasteiger partial charge in [-0.2, -0.15) is 0 Å². The third kappa shape index (κ3) is 2.95. The van der Waals surface area contributed by atoms with Crippen molar-refractivity contribution in [1.82, 2.24) is 4.90 Å². The molecule has 1 spiro atoms. The number of carbonyl (C=O) groups is 2. The van der Waals surface area contributed by atoms with E-state index in [1.165, 1.54) is 6.92 Å². The van der Waals surface area contributed by atoms with Crippen LogP contribution >= 0.6 is 0 Å². The fraction of sp³-hybridized carbons (Fsp3) is 0.583. The lowest BCUT2D eigenvalue weighted by molar-refractivity contribution is -0.175.